The van der Waals surface area contributed by atoms with Crippen molar-refractivity contribution in [2.45, 2.75) is 26.2 Å². The number of hydrogen-bond acceptors (Lipinski definition) is 2. The zero-order chi connectivity index (χ0) is 10.6. The predicted octanol–water partition coefficient (Wildman–Crippen LogP) is 0.762. The van der Waals surface area contributed by atoms with E-state index in [9.17, 15) is 4.79 Å². The van der Waals surface area contributed by atoms with E-state index < -0.39 is 0 Å². The number of carbonyl (C=O) groups is 1. The van der Waals surface area contributed by atoms with Crippen molar-refractivity contribution < 1.29 is 4.79 Å². The van der Waals surface area contributed by atoms with Gasteiger partial charge < -0.3 is 16.4 Å². The van der Waals surface area contributed by atoms with Crippen LogP contribution in [0.15, 0.2) is 0 Å². The van der Waals surface area contributed by atoms with Gasteiger partial charge in [-0.25, -0.2) is 4.79 Å². The lowest BCUT2D eigenvalue weighted by atomic mass is 9.88. The Kier molecular flexibility index (Phi) is 4.20. The molecule has 1 rings (SSSR count). The van der Waals surface area contributed by atoms with Gasteiger partial charge in [0.2, 0.25) is 0 Å². The second kappa shape index (κ2) is 5.20. The Balaban J connectivity index is 2.44. The van der Waals surface area contributed by atoms with Crippen molar-refractivity contribution in [1.82, 2.24) is 4.90 Å². The molecule has 4 heteroatoms. The normalized spacial score (nSPS) is 25.6. The van der Waals surface area contributed by atoms with Crippen LogP contribution in [-0.4, -0.2) is 30.6 Å². The molecule has 1 aliphatic heterocycles. The molecule has 0 radical (unpaired) electrons. The van der Waals surface area contributed by atoms with Gasteiger partial charge in [0.15, 0.2) is 0 Å². The van der Waals surface area contributed by atoms with E-state index >= 15 is 0 Å². The molecule has 1 fully saturated rings. The van der Waals surface area contributed by atoms with Crippen LogP contribution >= 0.6 is 0 Å². The molecular weight excluding hydrogens is 178 g/mol. The van der Waals surface area contributed by atoms with Crippen molar-refractivity contribution >= 4 is 6.03 Å². The molecule has 2 unspecified atom stereocenters. The summed E-state index contributed by atoms with van der Waals surface area (Å²) in [5.41, 5.74) is 10.9. The summed E-state index contributed by atoms with van der Waals surface area (Å²) >= 11 is 0. The fraction of sp³-hybridized carbons (Fsp3) is 0.900. The highest BCUT2D eigenvalue weighted by molar-refractivity contribution is 5.71. The predicted molar refractivity (Wildman–Crippen MR) is 56.7 cm³/mol. The molecule has 0 aliphatic carbocycles. The van der Waals surface area contributed by atoms with Gasteiger partial charge in [0.25, 0.3) is 0 Å². The van der Waals surface area contributed by atoms with Gasteiger partial charge in [-0.1, -0.05) is 6.92 Å². The molecule has 0 aromatic heterocycles. The summed E-state index contributed by atoms with van der Waals surface area (Å²) in [5, 5.41) is 0. The SMILES string of the molecule is CC(CN)C1CCCN(C(N)=O)CC1. The number of urea groups is 1. The minimum Gasteiger partial charge on any atom is -0.351 e. The number of amides is 2. The van der Waals surface area contributed by atoms with Crippen LogP contribution in [-0.2, 0) is 0 Å². The molecule has 1 heterocycles. The highest BCUT2D eigenvalue weighted by Gasteiger charge is 2.22. The molecule has 0 bridgehead atoms. The van der Waals surface area contributed by atoms with E-state index in [-0.39, 0.29) is 6.03 Å². The van der Waals surface area contributed by atoms with Crippen LogP contribution in [0, 0.1) is 11.8 Å². The van der Waals surface area contributed by atoms with E-state index in [4.69, 9.17) is 11.5 Å². The Labute approximate surface area is 85.6 Å². The van der Waals surface area contributed by atoms with Gasteiger partial charge >= 0.3 is 6.03 Å². The van der Waals surface area contributed by atoms with Crippen molar-refractivity contribution in [3.8, 4) is 0 Å². The Hall–Kier alpha value is -0.770. The third-order valence-electron chi connectivity index (χ3n) is 3.26. The lowest BCUT2D eigenvalue weighted by Crippen LogP contribution is -2.36. The Bertz CT molecular complexity index is 196. The Morgan fingerprint density at radius 2 is 2.21 bits per heavy atom. The molecule has 0 saturated carbocycles. The van der Waals surface area contributed by atoms with Gasteiger partial charge in [0.1, 0.15) is 0 Å². The van der Waals surface area contributed by atoms with Crippen LogP contribution in [0.5, 0.6) is 0 Å². The fourth-order valence-corrected chi connectivity index (χ4v) is 2.10. The quantitative estimate of drug-likeness (QED) is 0.689. The average molecular weight is 199 g/mol. The minimum absolute atomic E-state index is 0.286. The van der Waals surface area contributed by atoms with Crippen molar-refractivity contribution in [2.75, 3.05) is 19.6 Å². The van der Waals surface area contributed by atoms with E-state index in [0.717, 1.165) is 32.5 Å². The number of rotatable bonds is 2. The monoisotopic (exact) mass is 199 g/mol. The van der Waals surface area contributed by atoms with Crippen LogP contribution in [0.25, 0.3) is 0 Å². The number of likely N-dealkylation sites (tertiary alicyclic amines) is 1. The summed E-state index contributed by atoms with van der Waals surface area (Å²) in [5.74, 6) is 1.21. The molecule has 4 nitrogen and oxygen atoms in total. The maximum absolute atomic E-state index is 11.0. The van der Waals surface area contributed by atoms with Crippen LogP contribution in [0.4, 0.5) is 4.79 Å². The second-order valence-corrected chi connectivity index (χ2v) is 4.23. The summed E-state index contributed by atoms with van der Waals surface area (Å²) in [6.07, 6.45) is 3.27. The lowest BCUT2D eigenvalue weighted by Gasteiger charge is -2.21. The van der Waals surface area contributed by atoms with Gasteiger partial charge in [-0.2, -0.15) is 0 Å². The third kappa shape index (κ3) is 2.87. The smallest absolute Gasteiger partial charge is 0.314 e. The lowest BCUT2D eigenvalue weighted by molar-refractivity contribution is 0.208. The minimum atomic E-state index is -0.286. The number of nitrogens with zero attached hydrogens (tertiary/aromatic N) is 1. The maximum atomic E-state index is 11.0. The van der Waals surface area contributed by atoms with Crippen LogP contribution in [0.1, 0.15) is 26.2 Å². The molecule has 0 aromatic carbocycles. The van der Waals surface area contributed by atoms with Gasteiger partial charge in [0, 0.05) is 13.1 Å². The van der Waals surface area contributed by atoms with Crippen LogP contribution < -0.4 is 11.5 Å². The summed E-state index contributed by atoms with van der Waals surface area (Å²) in [7, 11) is 0. The molecule has 82 valence electrons. The largest absolute Gasteiger partial charge is 0.351 e. The first-order chi connectivity index (χ1) is 6.65. The molecule has 1 saturated heterocycles. The second-order valence-electron chi connectivity index (χ2n) is 4.23. The molecular formula is C10H21N3O. The van der Waals surface area contributed by atoms with E-state index in [0.29, 0.717) is 11.8 Å². The van der Waals surface area contributed by atoms with Gasteiger partial charge in [0.05, 0.1) is 0 Å². The number of carbonyl (C=O) groups excluding carboxylic acids is 1. The van der Waals surface area contributed by atoms with Crippen molar-refractivity contribution in [3.05, 3.63) is 0 Å². The summed E-state index contributed by atoms with van der Waals surface area (Å²) in [4.78, 5) is 12.7. The molecule has 2 atom stereocenters. The first-order valence-corrected chi connectivity index (χ1v) is 5.39. The Morgan fingerprint density at radius 3 is 2.79 bits per heavy atom. The van der Waals surface area contributed by atoms with Crippen LogP contribution in [0.3, 0.4) is 0 Å². The molecule has 2 amide bonds. The number of nitrogens with two attached hydrogens (primary N) is 2. The molecule has 1 aliphatic rings. The average Bonchev–Trinajstić information content (AvgIpc) is 2.41. The van der Waals surface area contributed by atoms with Crippen LogP contribution in [0.2, 0.25) is 0 Å². The van der Waals surface area contributed by atoms with E-state index in [1.165, 1.54) is 6.42 Å². The molecule has 14 heavy (non-hydrogen) atoms. The first-order valence-electron chi connectivity index (χ1n) is 5.39. The summed E-state index contributed by atoms with van der Waals surface area (Å²) in [6, 6.07) is -0.286. The topological polar surface area (TPSA) is 72.3 Å². The number of primary amides is 1. The maximum Gasteiger partial charge on any atom is 0.314 e. The summed E-state index contributed by atoms with van der Waals surface area (Å²) < 4.78 is 0. The van der Waals surface area contributed by atoms with Gasteiger partial charge in [-0.05, 0) is 37.6 Å². The molecule has 4 N–H and O–H groups in total. The van der Waals surface area contributed by atoms with Crippen molar-refractivity contribution in [1.29, 1.82) is 0 Å². The van der Waals surface area contributed by atoms with Gasteiger partial charge in [-0.15, -0.1) is 0 Å². The molecule has 0 aromatic rings. The highest BCUT2D eigenvalue weighted by atomic mass is 16.2. The highest BCUT2D eigenvalue weighted by Crippen LogP contribution is 2.24. The third-order valence-corrected chi connectivity index (χ3v) is 3.26. The Morgan fingerprint density at radius 1 is 1.50 bits per heavy atom. The number of hydrogen-bond donors (Lipinski definition) is 2. The standard InChI is InChI=1S/C10H21N3O/c1-8(7-11)9-3-2-5-13(6-4-9)10(12)14/h8-9H,2-7,11H2,1H3,(H2,12,14). The summed E-state index contributed by atoms with van der Waals surface area (Å²) in [6.45, 7) is 4.53. The van der Waals surface area contributed by atoms with E-state index in [2.05, 4.69) is 6.92 Å². The van der Waals surface area contributed by atoms with Crippen molar-refractivity contribution in [2.24, 2.45) is 23.3 Å². The first kappa shape index (κ1) is 11.3. The molecule has 0 spiro atoms. The zero-order valence-corrected chi connectivity index (χ0v) is 8.91. The zero-order valence-electron chi connectivity index (χ0n) is 8.91. The van der Waals surface area contributed by atoms with Gasteiger partial charge in [-0.3, -0.25) is 0 Å². The van der Waals surface area contributed by atoms with E-state index in [1.54, 1.807) is 4.90 Å². The van der Waals surface area contributed by atoms with E-state index in [1.807, 2.05) is 0 Å². The fourth-order valence-electron chi connectivity index (χ4n) is 2.10. The van der Waals surface area contributed by atoms with Crippen molar-refractivity contribution in [3.63, 3.8) is 0 Å².